The van der Waals surface area contributed by atoms with E-state index in [2.05, 4.69) is 56.1 Å². The summed E-state index contributed by atoms with van der Waals surface area (Å²) >= 11 is 0. The van der Waals surface area contributed by atoms with Crippen molar-refractivity contribution in [3.8, 4) is 0 Å². The molecule has 7 heteroatoms. The van der Waals surface area contributed by atoms with Crippen LogP contribution in [0.15, 0.2) is 63.3 Å². The number of carbonyl (C=O) groups excluding carboxylic acids is 1. The molecule has 0 spiro atoms. The second-order valence-electron chi connectivity index (χ2n) is 13.8. The molecule has 1 saturated carbocycles. The van der Waals surface area contributed by atoms with E-state index in [1.165, 1.54) is 12.0 Å². The molecule has 0 saturated heterocycles. The average Bonchev–Trinajstić information content (AvgIpc) is 3.05. The summed E-state index contributed by atoms with van der Waals surface area (Å²) in [5.41, 5.74) is 9.24. The molecule has 3 N–H and O–H groups in total. The van der Waals surface area contributed by atoms with Gasteiger partial charge in [0.25, 0.3) is 0 Å². The number of hydrogen-bond acceptors (Lipinski definition) is 5. The molecule has 1 fully saturated rings. The predicted octanol–water partition coefficient (Wildman–Crippen LogP) is 7.49. The van der Waals surface area contributed by atoms with Gasteiger partial charge in [-0.3, -0.25) is 9.79 Å². The molecule has 0 radical (unpaired) electrons. The highest BCUT2D eigenvalue weighted by molar-refractivity contribution is 5.94. The van der Waals surface area contributed by atoms with E-state index in [-0.39, 0.29) is 23.4 Å². The lowest BCUT2D eigenvalue weighted by Gasteiger charge is -2.41. The Bertz CT molecular complexity index is 1250. The highest BCUT2D eigenvalue weighted by Gasteiger charge is 2.39. The van der Waals surface area contributed by atoms with Crippen LogP contribution < -0.4 is 5.73 Å². The third-order valence-corrected chi connectivity index (χ3v) is 10.9. The van der Waals surface area contributed by atoms with E-state index >= 15 is 0 Å². The summed E-state index contributed by atoms with van der Waals surface area (Å²) in [7, 11) is 1.68. The van der Waals surface area contributed by atoms with E-state index in [0.717, 1.165) is 81.1 Å². The van der Waals surface area contributed by atoms with Crippen LogP contribution in [0, 0.1) is 11.8 Å². The maximum atomic E-state index is 14.2. The summed E-state index contributed by atoms with van der Waals surface area (Å²) in [6.07, 6.45) is 15.2. The van der Waals surface area contributed by atoms with Crippen molar-refractivity contribution in [1.82, 2.24) is 4.90 Å². The fourth-order valence-corrected chi connectivity index (χ4v) is 7.96. The first kappa shape index (κ1) is 34.9. The molecule has 45 heavy (non-hydrogen) atoms. The van der Waals surface area contributed by atoms with Gasteiger partial charge in [-0.15, -0.1) is 0 Å². The fourth-order valence-electron chi connectivity index (χ4n) is 7.96. The smallest absolute Gasteiger partial charge is 0.249 e. The fraction of sp³-hybridized carbons (Fsp3) is 0.658. The Morgan fingerprint density at radius 3 is 2.53 bits per heavy atom. The molecule has 2 aliphatic heterocycles. The maximum absolute atomic E-state index is 14.2. The zero-order chi connectivity index (χ0) is 32.5. The van der Waals surface area contributed by atoms with Crippen molar-refractivity contribution < 1.29 is 14.6 Å². The molecule has 2 heterocycles. The van der Waals surface area contributed by atoms with Crippen molar-refractivity contribution in [3.05, 3.63) is 58.9 Å². The largest absolute Gasteiger partial charge is 0.501 e. The summed E-state index contributed by atoms with van der Waals surface area (Å²) < 4.78 is 5.57. The number of ether oxygens (including phenoxy) is 1. The third-order valence-electron chi connectivity index (χ3n) is 10.9. The Labute approximate surface area is 272 Å². The van der Waals surface area contributed by atoms with Crippen LogP contribution in [0.4, 0.5) is 0 Å². The van der Waals surface area contributed by atoms with Gasteiger partial charge < -0.3 is 20.5 Å². The van der Waals surface area contributed by atoms with Crippen molar-refractivity contribution in [2.24, 2.45) is 27.6 Å². The molecule has 0 aromatic heterocycles. The zero-order valence-corrected chi connectivity index (χ0v) is 28.6. The van der Waals surface area contributed by atoms with Crippen LogP contribution in [0.2, 0.25) is 0 Å². The van der Waals surface area contributed by atoms with Crippen LogP contribution in [-0.4, -0.2) is 59.9 Å². The van der Waals surface area contributed by atoms with Gasteiger partial charge in [0.05, 0.1) is 24.5 Å². The van der Waals surface area contributed by atoms with E-state index < -0.39 is 5.60 Å². The van der Waals surface area contributed by atoms with Crippen LogP contribution in [0.25, 0.3) is 0 Å². The summed E-state index contributed by atoms with van der Waals surface area (Å²) in [5.74, 6) is 2.03. The normalized spacial score (nSPS) is 28.6. The van der Waals surface area contributed by atoms with Crippen LogP contribution >= 0.6 is 0 Å². The Hall–Kier alpha value is -2.93. The Balaban J connectivity index is 1.61. The molecular formula is C38H58N4O3. The third kappa shape index (κ3) is 8.46. The van der Waals surface area contributed by atoms with Crippen molar-refractivity contribution in [1.29, 1.82) is 0 Å². The van der Waals surface area contributed by atoms with Gasteiger partial charge in [0.15, 0.2) is 6.17 Å². The minimum absolute atomic E-state index is 0.0456. The number of amidine groups is 1. The molecule has 1 aliphatic carbocycles. The standard InChI is InChI=1S/C38H58N4O3/c1-6-14-28(3)38(31-16-9-8-10-17-31)22-11-15-30(27-37(44)20-12-21-37)29(4)36(43)42(25-13-23-38)26-19-34(39)41-35-32(7-2)33(45-5)18-24-40-35/h8-10,16-18,24,28,32,35,44H,6-7,11-15,19-23,25-27H2,1-5H3,(H2,39,41)/b30-29+/t28?,32?,35?,38-/m0/s1. The van der Waals surface area contributed by atoms with E-state index in [1.807, 2.05) is 17.9 Å². The summed E-state index contributed by atoms with van der Waals surface area (Å²) in [6, 6.07) is 11.1. The molecule has 1 amide bonds. The first-order valence-corrected chi connectivity index (χ1v) is 17.5. The average molecular weight is 619 g/mol. The number of aliphatic hydroxyl groups is 1. The molecule has 248 valence electrons. The summed E-state index contributed by atoms with van der Waals surface area (Å²) in [6.45, 7) is 9.97. The number of nitrogens with zero attached hydrogens (tertiary/aromatic N) is 3. The number of rotatable bonds is 12. The minimum atomic E-state index is -0.670. The van der Waals surface area contributed by atoms with Gasteiger partial charge in [0.2, 0.25) is 5.91 Å². The van der Waals surface area contributed by atoms with Crippen LogP contribution in [0.1, 0.15) is 117 Å². The molecular weight excluding hydrogens is 560 g/mol. The molecule has 1 aromatic carbocycles. The van der Waals surface area contributed by atoms with E-state index in [1.54, 1.807) is 13.3 Å². The second kappa shape index (κ2) is 16.1. The molecule has 1 aromatic rings. The number of dihydropyridines is 1. The number of hydrogen-bond donors (Lipinski definition) is 2. The van der Waals surface area contributed by atoms with Gasteiger partial charge >= 0.3 is 0 Å². The maximum Gasteiger partial charge on any atom is 0.249 e. The molecule has 7 nitrogen and oxygen atoms in total. The lowest BCUT2D eigenvalue weighted by atomic mass is 9.63. The Morgan fingerprint density at radius 1 is 1.16 bits per heavy atom. The number of allylic oxidation sites excluding steroid dienone is 1. The van der Waals surface area contributed by atoms with Crippen molar-refractivity contribution in [2.75, 3.05) is 20.2 Å². The number of amides is 1. The summed E-state index contributed by atoms with van der Waals surface area (Å²) in [5, 5.41) is 11.2. The van der Waals surface area contributed by atoms with Crippen molar-refractivity contribution in [3.63, 3.8) is 0 Å². The minimum Gasteiger partial charge on any atom is -0.501 e. The van der Waals surface area contributed by atoms with E-state index in [9.17, 15) is 9.90 Å². The molecule has 3 unspecified atom stereocenters. The number of methoxy groups -OCH3 is 1. The quantitative estimate of drug-likeness (QED) is 0.187. The van der Waals surface area contributed by atoms with Gasteiger partial charge in [-0.1, -0.05) is 69.5 Å². The predicted molar refractivity (Wildman–Crippen MR) is 185 cm³/mol. The first-order valence-electron chi connectivity index (χ1n) is 17.5. The van der Waals surface area contributed by atoms with Gasteiger partial charge in [0.1, 0.15) is 5.76 Å². The van der Waals surface area contributed by atoms with Crippen LogP contribution in [0.5, 0.6) is 0 Å². The summed E-state index contributed by atoms with van der Waals surface area (Å²) in [4.78, 5) is 25.5. The van der Waals surface area contributed by atoms with Gasteiger partial charge in [-0.05, 0) is 94.1 Å². The van der Waals surface area contributed by atoms with Crippen LogP contribution in [0.3, 0.4) is 0 Å². The monoisotopic (exact) mass is 618 g/mol. The zero-order valence-electron chi connectivity index (χ0n) is 28.6. The van der Waals surface area contributed by atoms with E-state index in [4.69, 9.17) is 15.5 Å². The molecule has 3 aliphatic rings. The van der Waals surface area contributed by atoms with E-state index in [0.29, 0.717) is 37.7 Å². The Kier molecular flexibility index (Phi) is 12.5. The molecule has 4 rings (SSSR count). The van der Waals surface area contributed by atoms with Crippen molar-refractivity contribution in [2.45, 2.75) is 128 Å². The van der Waals surface area contributed by atoms with Crippen LogP contribution in [-0.2, 0) is 14.9 Å². The van der Waals surface area contributed by atoms with Gasteiger partial charge in [-0.2, -0.15) is 0 Å². The number of carbonyl (C=O) groups is 1. The Morgan fingerprint density at radius 2 is 1.89 bits per heavy atom. The number of benzene rings is 1. The first-order chi connectivity index (χ1) is 21.7. The topological polar surface area (TPSA) is 101 Å². The lowest BCUT2D eigenvalue weighted by Crippen LogP contribution is -2.39. The SMILES string of the molecule is CCCC(C)[C@]1(c2ccccc2)CCC/C(CC2(O)CCC2)=C(/C)C(=O)N(CCC(N)=NC2N=CC=C(OC)C2CC)CCC1. The highest BCUT2D eigenvalue weighted by atomic mass is 16.5. The lowest BCUT2D eigenvalue weighted by molar-refractivity contribution is -0.127. The highest BCUT2D eigenvalue weighted by Crippen LogP contribution is 2.45. The van der Waals surface area contributed by atoms with Gasteiger partial charge in [0, 0.05) is 31.3 Å². The second-order valence-corrected chi connectivity index (χ2v) is 13.8. The number of nitrogens with two attached hydrogens (primary N) is 1. The molecule has 4 atom stereocenters. The number of aliphatic imine (C=N–C) groups is 2. The van der Waals surface area contributed by atoms with Gasteiger partial charge in [-0.25, -0.2) is 4.99 Å². The molecule has 0 bridgehead atoms. The van der Waals surface area contributed by atoms with Crippen molar-refractivity contribution >= 4 is 18.0 Å².